The Morgan fingerprint density at radius 3 is 2.29 bits per heavy atom. The van der Waals surface area contributed by atoms with Gasteiger partial charge < -0.3 is 5.21 Å². The van der Waals surface area contributed by atoms with Crippen LogP contribution < -0.4 is 5.48 Å². The van der Waals surface area contributed by atoms with E-state index < -0.39 is 6.43 Å². The first-order chi connectivity index (χ1) is 3.27. The summed E-state index contributed by atoms with van der Waals surface area (Å²) in [4.78, 5) is 0. The summed E-state index contributed by atoms with van der Waals surface area (Å²) in [6.45, 7) is -0.0440. The van der Waals surface area contributed by atoms with E-state index in [0.29, 0.717) is 0 Å². The highest BCUT2D eigenvalue weighted by Gasteiger charge is 1.98. The van der Waals surface area contributed by atoms with Gasteiger partial charge in [-0.25, -0.2) is 14.3 Å². The van der Waals surface area contributed by atoms with E-state index in [9.17, 15) is 8.78 Å². The van der Waals surface area contributed by atoms with E-state index in [0.717, 1.165) is 0 Å². The molecule has 0 saturated heterocycles. The van der Waals surface area contributed by atoms with Crippen molar-refractivity contribution in [3.63, 3.8) is 0 Å². The molecule has 0 aromatic carbocycles. The van der Waals surface area contributed by atoms with Crippen LogP contribution in [0.25, 0.3) is 0 Å². The summed E-state index contributed by atoms with van der Waals surface area (Å²) in [5.41, 5.74) is 1.62. The lowest BCUT2D eigenvalue weighted by molar-refractivity contribution is 0.103. The smallest absolute Gasteiger partial charge is 0.239 e. The Morgan fingerprint density at radius 1 is 1.57 bits per heavy atom. The number of hydrogen-bond donors (Lipinski definition) is 2. The maximum absolute atomic E-state index is 11.1. The molecule has 0 bridgehead atoms. The lowest BCUT2D eigenvalue weighted by Gasteiger charge is -1.93. The van der Waals surface area contributed by atoms with Gasteiger partial charge in [-0.15, -0.1) is 0 Å². The van der Waals surface area contributed by atoms with Crippen LogP contribution in [-0.2, 0) is 0 Å². The molecule has 0 aromatic heterocycles. The minimum atomic E-state index is -2.32. The van der Waals surface area contributed by atoms with E-state index in [4.69, 9.17) is 5.21 Å². The second-order valence-corrected chi connectivity index (χ2v) is 1.09. The molecule has 0 radical (unpaired) electrons. The van der Waals surface area contributed by atoms with Crippen LogP contribution in [0.1, 0.15) is 6.42 Å². The van der Waals surface area contributed by atoms with Gasteiger partial charge in [0.15, 0.2) is 0 Å². The van der Waals surface area contributed by atoms with Crippen LogP contribution in [0.5, 0.6) is 0 Å². The average molecular weight is 111 g/mol. The first-order valence-electron chi connectivity index (χ1n) is 1.92. The van der Waals surface area contributed by atoms with Crippen LogP contribution in [0.4, 0.5) is 8.78 Å². The van der Waals surface area contributed by atoms with Gasteiger partial charge in [0.25, 0.3) is 0 Å². The predicted molar refractivity (Wildman–Crippen MR) is 20.4 cm³/mol. The third-order valence-corrected chi connectivity index (χ3v) is 0.474. The van der Waals surface area contributed by atoms with Crippen LogP contribution in [0.3, 0.4) is 0 Å². The van der Waals surface area contributed by atoms with Crippen LogP contribution >= 0.6 is 0 Å². The fourth-order valence-corrected chi connectivity index (χ4v) is 0.174. The second-order valence-electron chi connectivity index (χ2n) is 1.09. The van der Waals surface area contributed by atoms with Gasteiger partial charge in [0, 0.05) is 13.0 Å². The fourth-order valence-electron chi connectivity index (χ4n) is 0.174. The van der Waals surface area contributed by atoms with Crippen molar-refractivity contribution in [3.05, 3.63) is 0 Å². The zero-order valence-electron chi connectivity index (χ0n) is 3.69. The third-order valence-electron chi connectivity index (χ3n) is 0.474. The summed E-state index contributed by atoms with van der Waals surface area (Å²) >= 11 is 0. The van der Waals surface area contributed by atoms with E-state index >= 15 is 0 Å². The Bertz CT molecular complexity index is 41.9. The summed E-state index contributed by atoms with van der Waals surface area (Å²) in [6.07, 6.45) is -2.61. The van der Waals surface area contributed by atoms with E-state index in [1.807, 2.05) is 0 Å². The topological polar surface area (TPSA) is 32.3 Å². The SMILES string of the molecule is ONCCC(F)F. The Labute approximate surface area is 40.1 Å². The average Bonchev–Trinajstić information content (AvgIpc) is 1.61. The minimum Gasteiger partial charge on any atom is -0.317 e. The maximum Gasteiger partial charge on any atom is 0.239 e. The first kappa shape index (κ1) is 6.78. The van der Waals surface area contributed by atoms with Gasteiger partial charge in [0.2, 0.25) is 6.43 Å². The molecule has 0 unspecified atom stereocenters. The van der Waals surface area contributed by atoms with Gasteiger partial charge in [-0.1, -0.05) is 0 Å². The fraction of sp³-hybridized carbons (Fsp3) is 1.00. The molecule has 0 spiro atoms. The number of halogens is 2. The standard InChI is InChI=1S/C3H7F2NO/c4-3(5)1-2-6-7/h3,6-7H,1-2H2. The molecule has 0 saturated carbocycles. The summed E-state index contributed by atoms with van der Waals surface area (Å²) in [6, 6.07) is 0. The Kier molecular flexibility index (Phi) is 3.83. The molecule has 0 aromatic rings. The molecule has 2 nitrogen and oxygen atoms in total. The van der Waals surface area contributed by atoms with Crippen molar-refractivity contribution in [1.82, 2.24) is 5.48 Å². The van der Waals surface area contributed by atoms with Crippen molar-refractivity contribution < 1.29 is 14.0 Å². The molecule has 7 heavy (non-hydrogen) atoms. The minimum absolute atomic E-state index is 0.0440. The molecule has 4 heteroatoms. The highest BCUT2D eigenvalue weighted by Crippen LogP contribution is 1.94. The number of hydrogen-bond acceptors (Lipinski definition) is 2. The zero-order valence-corrected chi connectivity index (χ0v) is 3.69. The summed E-state index contributed by atoms with van der Waals surface area (Å²) in [5, 5.41) is 7.73. The number of hydroxylamine groups is 1. The quantitative estimate of drug-likeness (QED) is 0.523. The molecule has 0 atom stereocenters. The van der Waals surface area contributed by atoms with Gasteiger partial charge in [-0.3, -0.25) is 0 Å². The van der Waals surface area contributed by atoms with Crippen molar-refractivity contribution in [2.75, 3.05) is 6.54 Å². The van der Waals surface area contributed by atoms with Gasteiger partial charge in [-0.05, 0) is 0 Å². The Hall–Kier alpha value is -0.220. The molecule has 2 N–H and O–H groups in total. The van der Waals surface area contributed by atoms with Crippen molar-refractivity contribution in [1.29, 1.82) is 0 Å². The summed E-state index contributed by atoms with van der Waals surface area (Å²) < 4.78 is 22.1. The maximum atomic E-state index is 11.1. The zero-order chi connectivity index (χ0) is 5.70. The van der Waals surface area contributed by atoms with E-state index in [-0.39, 0.29) is 13.0 Å². The second kappa shape index (κ2) is 3.95. The van der Waals surface area contributed by atoms with E-state index in [2.05, 4.69) is 0 Å². The Morgan fingerprint density at radius 2 is 2.14 bits per heavy atom. The van der Waals surface area contributed by atoms with Gasteiger partial charge in [-0.2, -0.15) is 0 Å². The molecule has 0 amide bonds. The molecule has 0 aliphatic heterocycles. The Balaban J connectivity index is 2.68. The molecular weight excluding hydrogens is 104 g/mol. The molecule has 0 fully saturated rings. The van der Waals surface area contributed by atoms with E-state index in [1.54, 1.807) is 5.48 Å². The van der Waals surface area contributed by atoms with Crippen LogP contribution in [0.2, 0.25) is 0 Å². The van der Waals surface area contributed by atoms with Gasteiger partial charge in [0.1, 0.15) is 0 Å². The first-order valence-corrected chi connectivity index (χ1v) is 1.92. The van der Waals surface area contributed by atoms with Crippen molar-refractivity contribution in [2.24, 2.45) is 0 Å². The lowest BCUT2D eigenvalue weighted by atomic mass is 10.5. The highest BCUT2D eigenvalue weighted by atomic mass is 19.3. The number of nitrogens with one attached hydrogen (secondary N) is 1. The predicted octanol–water partition coefficient (Wildman–Crippen LogP) is 0.620. The largest absolute Gasteiger partial charge is 0.317 e. The summed E-state index contributed by atoms with van der Waals surface area (Å²) in [5.74, 6) is 0. The van der Waals surface area contributed by atoms with Crippen molar-refractivity contribution in [2.45, 2.75) is 12.8 Å². The van der Waals surface area contributed by atoms with Crippen molar-refractivity contribution in [3.8, 4) is 0 Å². The van der Waals surface area contributed by atoms with Gasteiger partial charge >= 0.3 is 0 Å². The molecule has 0 aliphatic rings. The van der Waals surface area contributed by atoms with Gasteiger partial charge in [0.05, 0.1) is 0 Å². The van der Waals surface area contributed by atoms with Crippen molar-refractivity contribution >= 4 is 0 Å². The van der Waals surface area contributed by atoms with E-state index in [1.165, 1.54) is 0 Å². The van der Waals surface area contributed by atoms with Crippen LogP contribution in [0.15, 0.2) is 0 Å². The normalized spacial score (nSPS) is 10.3. The molecule has 0 aliphatic carbocycles. The lowest BCUT2D eigenvalue weighted by Crippen LogP contribution is -2.11. The number of rotatable bonds is 3. The monoisotopic (exact) mass is 111 g/mol. The molecular formula is C3H7F2NO. The van der Waals surface area contributed by atoms with Crippen LogP contribution in [0, 0.1) is 0 Å². The van der Waals surface area contributed by atoms with Crippen LogP contribution in [-0.4, -0.2) is 18.2 Å². The highest BCUT2D eigenvalue weighted by molar-refractivity contribution is 4.38. The third kappa shape index (κ3) is 5.78. The molecule has 0 heterocycles. The molecule has 44 valence electrons. The molecule has 0 rings (SSSR count). The number of alkyl halides is 2. The summed E-state index contributed by atoms with van der Waals surface area (Å²) in [7, 11) is 0.